The number of amides is 1. The van der Waals surface area contributed by atoms with Gasteiger partial charge in [0.25, 0.3) is 0 Å². The highest BCUT2D eigenvalue weighted by Gasteiger charge is 2.15. The topological polar surface area (TPSA) is 55.1 Å². The molecule has 0 aliphatic heterocycles. The molecule has 1 amide bonds. The van der Waals surface area contributed by atoms with Crippen LogP contribution in [-0.2, 0) is 4.79 Å². The fourth-order valence-electron chi connectivity index (χ4n) is 2.07. The van der Waals surface area contributed by atoms with Crippen LogP contribution in [-0.4, -0.2) is 18.2 Å². The minimum atomic E-state index is -0.461. The zero-order valence-electron chi connectivity index (χ0n) is 12.2. The molecule has 22 heavy (non-hydrogen) atoms. The largest absolute Gasteiger partial charge is 0.368 e. The van der Waals surface area contributed by atoms with Crippen LogP contribution in [0.3, 0.4) is 0 Å². The maximum Gasteiger partial charge on any atom is 0.239 e. The summed E-state index contributed by atoms with van der Waals surface area (Å²) in [6, 6.07) is 15.4. The summed E-state index contributed by atoms with van der Waals surface area (Å²) in [6.07, 6.45) is 0.888. The zero-order valence-corrected chi connectivity index (χ0v) is 13.0. The van der Waals surface area contributed by atoms with Gasteiger partial charge in [-0.1, -0.05) is 30.3 Å². The minimum absolute atomic E-state index is 0.224. The van der Waals surface area contributed by atoms with Crippen molar-refractivity contribution in [2.24, 2.45) is 5.73 Å². The Kier molecular flexibility index (Phi) is 6.43. The van der Waals surface area contributed by atoms with Crippen molar-refractivity contribution >= 4 is 17.7 Å². The van der Waals surface area contributed by atoms with E-state index in [0.717, 1.165) is 22.6 Å². The number of nitrogens with two attached hydrogens (primary N) is 1. The van der Waals surface area contributed by atoms with Gasteiger partial charge in [0.05, 0.1) is 0 Å². The third-order valence-electron chi connectivity index (χ3n) is 3.17. The van der Waals surface area contributed by atoms with E-state index in [-0.39, 0.29) is 11.7 Å². The molecule has 0 radical (unpaired) electrons. The molecule has 3 N–H and O–H groups in total. The Morgan fingerprint density at radius 1 is 1.14 bits per heavy atom. The highest BCUT2D eigenvalue weighted by molar-refractivity contribution is 7.99. The fraction of sp³-hybridized carbons (Fsp3) is 0.235. The molecule has 1 atom stereocenters. The molecule has 0 aliphatic carbocycles. The van der Waals surface area contributed by atoms with Gasteiger partial charge in [-0.05, 0) is 48.5 Å². The summed E-state index contributed by atoms with van der Waals surface area (Å²) in [5.41, 5.74) is 6.32. The van der Waals surface area contributed by atoms with E-state index >= 15 is 0 Å². The molecule has 0 bridgehead atoms. The predicted octanol–water partition coefficient (Wildman–Crippen LogP) is 3.12. The second-order valence-corrected chi connectivity index (χ2v) is 6.02. The summed E-state index contributed by atoms with van der Waals surface area (Å²) in [4.78, 5) is 12.6. The van der Waals surface area contributed by atoms with Gasteiger partial charge in [-0.15, -0.1) is 11.8 Å². The van der Waals surface area contributed by atoms with Crippen LogP contribution in [0.4, 0.5) is 4.39 Å². The Hall–Kier alpha value is -1.85. The molecule has 3 nitrogen and oxygen atoms in total. The lowest BCUT2D eigenvalue weighted by molar-refractivity contribution is -0.120. The number of halogens is 1. The molecule has 5 heteroatoms. The number of carbonyl (C=O) groups excluding carboxylic acids is 1. The first-order valence-electron chi connectivity index (χ1n) is 7.13. The Bertz CT molecular complexity index is 589. The molecular weight excluding hydrogens is 299 g/mol. The summed E-state index contributed by atoms with van der Waals surface area (Å²) >= 11 is 1.66. The first-order valence-corrected chi connectivity index (χ1v) is 8.11. The number of hydrogen-bond acceptors (Lipinski definition) is 3. The van der Waals surface area contributed by atoms with Crippen LogP contribution in [0.15, 0.2) is 59.5 Å². The second kappa shape index (κ2) is 8.56. The molecule has 0 fully saturated rings. The van der Waals surface area contributed by atoms with Gasteiger partial charge in [0.1, 0.15) is 11.9 Å². The Balaban J connectivity index is 1.74. The lowest BCUT2D eigenvalue weighted by Crippen LogP contribution is -2.34. The van der Waals surface area contributed by atoms with Crippen molar-refractivity contribution in [1.29, 1.82) is 0 Å². The quantitative estimate of drug-likeness (QED) is 0.581. The van der Waals surface area contributed by atoms with Gasteiger partial charge < -0.3 is 11.1 Å². The van der Waals surface area contributed by atoms with Gasteiger partial charge in [0, 0.05) is 4.90 Å². The maximum absolute atomic E-state index is 12.8. The summed E-state index contributed by atoms with van der Waals surface area (Å²) in [7, 11) is 0. The van der Waals surface area contributed by atoms with Crippen molar-refractivity contribution in [3.8, 4) is 0 Å². The Morgan fingerprint density at radius 3 is 2.45 bits per heavy atom. The normalized spacial score (nSPS) is 12.0. The molecule has 0 saturated carbocycles. The molecule has 116 valence electrons. The standard InChI is InChI=1S/C17H19FN2OS/c18-14-7-9-15(10-8-14)22-12-4-11-20-16(17(19)21)13-5-2-1-3-6-13/h1-3,5-10,16,20H,4,11-12H2,(H2,19,21)/t16-/m1/s1. The summed E-state index contributed by atoms with van der Waals surface area (Å²) in [6.45, 7) is 0.691. The lowest BCUT2D eigenvalue weighted by atomic mass is 10.1. The number of benzene rings is 2. The van der Waals surface area contributed by atoms with Gasteiger partial charge in [0.15, 0.2) is 0 Å². The lowest BCUT2D eigenvalue weighted by Gasteiger charge is -2.15. The summed E-state index contributed by atoms with van der Waals surface area (Å²) < 4.78 is 12.8. The van der Waals surface area contributed by atoms with Gasteiger partial charge in [-0.2, -0.15) is 0 Å². The average molecular weight is 318 g/mol. The van der Waals surface area contributed by atoms with Crippen LogP contribution < -0.4 is 11.1 Å². The zero-order chi connectivity index (χ0) is 15.8. The second-order valence-electron chi connectivity index (χ2n) is 4.86. The Morgan fingerprint density at radius 2 is 1.82 bits per heavy atom. The fourth-order valence-corrected chi connectivity index (χ4v) is 2.92. The van der Waals surface area contributed by atoms with E-state index in [0.29, 0.717) is 6.54 Å². The summed E-state index contributed by atoms with van der Waals surface area (Å²) in [5.74, 6) is 0.286. The predicted molar refractivity (Wildman–Crippen MR) is 88.1 cm³/mol. The third kappa shape index (κ3) is 5.16. The van der Waals surface area contributed by atoms with E-state index in [2.05, 4.69) is 5.32 Å². The van der Waals surface area contributed by atoms with Crippen LogP contribution in [0.25, 0.3) is 0 Å². The first-order chi connectivity index (χ1) is 10.7. The van der Waals surface area contributed by atoms with Gasteiger partial charge >= 0.3 is 0 Å². The Labute approximate surface area is 134 Å². The third-order valence-corrected chi connectivity index (χ3v) is 4.27. The molecule has 0 spiro atoms. The minimum Gasteiger partial charge on any atom is -0.368 e. The van der Waals surface area contributed by atoms with Crippen LogP contribution in [0.2, 0.25) is 0 Å². The van der Waals surface area contributed by atoms with Gasteiger partial charge in [-0.25, -0.2) is 4.39 Å². The van der Waals surface area contributed by atoms with E-state index in [1.807, 2.05) is 30.3 Å². The summed E-state index contributed by atoms with van der Waals surface area (Å²) in [5, 5.41) is 3.18. The van der Waals surface area contributed by atoms with Crippen molar-refractivity contribution in [2.75, 3.05) is 12.3 Å². The van der Waals surface area contributed by atoms with E-state index in [1.165, 1.54) is 12.1 Å². The van der Waals surface area contributed by atoms with Gasteiger partial charge in [-0.3, -0.25) is 4.79 Å². The van der Waals surface area contributed by atoms with Crippen molar-refractivity contribution in [2.45, 2.75) is 17.4 Å². The van der Waals surface area contributed by atoms with Crippen LogP contribution in [0, 0.1) is 5.82 Å². The van der Waals surface area contributed by atoms with E-state index in [4.69, 9.17) is 5.73 Å². The van der Waals surface area contributed by atoms with Crippen LogP contribution in [0.1, 0.15) is 18.0 Å². The molecule has 0 unspecified atom stereocenters. The number of thioether (sulfide) groups is 1. The first kappa shape index (κ1) is 16.5. The number of carbonyl (C=O) groups is 1. The molecule has 0 heterocycles. The maximum atomic E-state index is 12.8. The van der Waals surface area contributed by atoms with Crippen LogP contribution in [0.5, 0.6) is 0 Å². The monoisotopic (exact) mass is 318 g/mol. The number of nitrogens with one attached hydrogen (secondary N) is 1. The number of rotatable bonds is 8. The van der Waals surface area contributed by atoms with Crippen molar-refractivity contribution in [3.63, 3.8) is 0 Å². The highest BCUT2D eigenvalue weighted by atomic mass is 32.2. The van der Waals surface area contributed by atoms with E-state index < -0.39 is 6.04 Å². The van der Waals surface area contributed by atoms with Crippen LogP contribution >= 0.6 is 11.8 Å². The number of primary amides is 1. The SMILES string of the molecule is NC(=O)[C@H](NCCCSc1ccc(F)cc1)c1ccccc1. The van der Waals surface area contributed by atoms with Crippen molar-refractivity contribution in [1.82, 2.24) is 5.32 Å². The molecular formula is C17H19FN2OS. The molecule has 2 aromatic carbocycles. The molecule has 2 aromatic rings. The smallest absolute Gasteiger partial charge is 0.239 e. The molecule has 0 saturated heterocycles. The number of hydrogen-bond donors (Lipinski definition) is 2. The van der Waals surface area contributed by atoms with Crippen molar-refractivity contribution in [3.05, 3.63) is 66.0 Å². The molecule has 0 aliphatic rings. The molecule has 0 aromatic heterocycles. The van der Waals surface area contributed by atoms with Crippen molar-refractivity contribution < 1.29 is 9.18 Å². The highest BCUT2D eigenvalue weighted by Crippen LogP contribution is 2.19. The average Bonchev–Trinajstić information content (AvgIpc) is 2.53. The van der Waals surface area contributed by atoms with E-state index in [9.17, 15) is 9.18 Å². The van der Waals surface area contributed by atoms with Gasteiger partial charge in [0.2, 0.25) is 5.91 Å². The van der Waals surface area contributed by atoms with E-state index in [1.54, 1.807) is 23.9 Å². The molecule has 2 rings (SSSR count).